The van der Waals surface area contributed by atoms with Crippen LogP contribution in [0.15, 0.2) is 28.7 Å². The van der Waals surface area contributed by atoms with E-state index >= 15 is 0 Å². The highest BCUT2D eigenvalue weighted by atomic mass is 79.9. The Morgan fingerprint density at radius 1 is 1.22 bits per heavy atom. The molecule has 2 aliphatic rings. The molecule has 0 aromatic heterocycles. The van der Waals surface area contributed by atoms with E-state index in [1.165, 1.54) is 55.1 Å². The molecule has 0 bridgehead atoms. The third kappa shape index (κ3) is 3.36. The summed E-state index contributed by atoms with van der Waals surface area (Å²) in [6, 6.07) is 9.67. The molecule has 1 atom stereocenters. The van der Waals surface area contributed by atoms with Crippen LogP contribution in [0, 0.1) is 11.8 Å². The first-order valence-corrected chi connectivity index (χ1v) is 8.08. The van der Waals surface area contributed by atoms with Gasteiger partial charge in [0.2, 0.25) is 0 Å². The van der Waals surface area contributed by atoms with E-state index in [1.807, 2.05) is 0 Å². The maximum absolute atomic E-state index is 3.73. The number of rotatable bonds is 6. The Hall–Kier alpha value is -0.340. The van der Waals surface area contributed by atoms with E-state index < -0.39 is 0 Å². The summed E-state index contributed by atoms with van der Waals surface area (Å²) in [4.78, 5) is 0. The van der Waals surface area contributed by atoms with Crippen molar-refractivity contribution in [2.45, 2.75) is 44.6 Å². The van der Waals surface area contributed by atoms with Crippen LogP contribution >= 0.6 is 15.9 Å². The van der Waals surface area contributed by atoms with Gasteiger partial charge in [-0.15, -0.1) is 0 Å². The molecule has 0 amide bonds. The molecule has 2 heteroatoms. The Bertz CT molecular complexity index is 396. The molecule has 2 saturated carbocycles. The lowest BCUT2D eigenvalue weighted by atomic mass is 9.73. The molecular weight excluding hydrogens is 286 g/mol. The zero-order valence-corrected chi connectivity index (χ0v) is 12.5. The minimum Gasteiger partial charge on any atom is -0.314 e. The van der Waals surface area contributed by atoms with Crippen LogP contribution in [0.4, 0.5) is 0 Å². The van der Waals surface area contributed by atoms with Gasteiger partial charge in [0.1, 0.15) is 0 Å². The third-order valence-electron chi connectivity index (χ3n) is 4.45. The molecule has 0 spiro atoms. The minimum absolute atomic E-state index is 0.841. The van der Waals surface area contributed by atoms with Crippen LogP contribution < -0.4 is 5.32 Å². The SMILES string of the molecule is Brc1cccc(CC(CNC2CC2)C2CCC2)c1. The molecule has 98 valence electrons. The van der Waals surface area contributed by atoms with Gasteiger partial charge in [0, 0.05) is 10.5 Å². The quantitative estimate of drug-likeness (QED) is 0.832. The zero-order chi connectivity index (χ0) is 12.4. The fourth-order valence-corrected chi connectivity index (χ4v) is 3.34. The highest BCUT2D eigenvalue weighted by Gasteiger charge is 2.29. The molecule has 18 heavy (non-hydrogen) atoms. The smallest absolute Gasteiger partial charge is 0.0177 e. The van der Waals surface area contributed by atoms with Crippen LogP contribution in [0.5, 0.6) is 0 Å². The number of hydrogen-bond acceptors (Lipinski definition) is 1. The Labute approximate surface area is 118 Å². The van der Waals surface area contributed by atoms with Crippen LogP contribution in [0.25, 0.3) is 0 Å². The summed E-state index contributed by atoms with van der Waals surface area (Å²) in [5, 5.41) is 3.73. The molecule has 2 aliphatic carbocycles. The fourth-order valence-electron chi connectivity index (χ4n) is 2.89. The van der Waals surface area contributed by atoms with Gasteiger partial charge in [0.15, 0.2) is 0 Å². The number of nitrogens with one attached hydrogen (secondary N) is 1. The Morgan fingerprint density at radius 2 is 2.06 bits per heavy atom. The maximum Gasteiger partial charge on any atom is 0.0177 e. The first-order chi connectivity index (χ1) is 8.81. The summed E-state index contributed by atoms with van der Waals surface area (Å²) < 4.78 is 1.21. The van der Waals surface area contributed by atoms with Gasteiger partial charge in [-0.2, -0.15) is 0 Å². The van der Waals surface area contributed by atoms with Crippen molar-refractivity contribution in [1.82, 2.24) is 5.32 Å². The normalized spacial score (nSPS) is 21.6. The van der Waals surface area contributed by atoms with Crippen molar-refractivity contribution >= 4 is 15.9 Å². The average molecular weight is 308 g/mol. The van der Waals surface area contributed by atoms with Crippen LogP contribution in [0.1, 0.15) is 37.7 Å². The van der Waals surface area contributed by atoms with Crippen LogP contribution in [-0.4, -0.2) is 12.6 Å². The fraction of sp³-hybridized carbons (Fsp3) is 0.625. The molecule has 0 radical (unpaired) electrons. The monoisotopic (exact) mass is 307 g/mol. The molecular formula is C16H22BrN. The van der Waals surface area contributed by atoms with E-state index in [0.29, 0.717) is 0 Å². The van der Waals surface area contributed by atoms with E-state index in [2.05, 4.69) is 45.5 Å². The van der Waals surface area contributed by atoms with Gasteiger partial charge < -0.3 is 5.32 Å². The standard InChI is InChI=1S/C16H22BrN/c17-15-6-1-3-12(10-15)9-14(13-4-2-5-13)11-18-16-7-8-16/h1,3,6,10,13-14,16,18H,2,4-5,7-9,11H2. The molecule has 3 rings (SSSR count). The Morgan fingerprint density at radius 3 is 2.67 bits per heavy atom. The third-order valence-corrected chi connectivity index (χ3v) is 4.94. The maximum atomic E-state index is 3.73. The first-order valence-electron chi connectivity index (χ1n) is 7.29. The van der Waals surface area contributed by atoms with E-state index in [0.717, 1.165) is 17.9 Å². The van der Waals surface area contributed by atoms with Crippen molar-refractivity contribution in [3.8, 4) is 0 Å². The van der Waals surface area contributed by atoms with Gasteiger partial charge in [0.25, 0.3) is 0 Å². The van der Waals surface area contributed by atoms with Crippen molar-refractivity contribution in [3.63, 3.8) is 0 Å². The highest BCUT2D eigenvalue weighted by Crippen LogP contribution is 2.35. The summed E-state index contributed by atoms with van der Waals surface area (Å²) in [6.07, 6.45) is 8.38. The second kappa shape index (κ2) is 5.75. The lowest BCUT2D eigenvalue weighted by molar-refractivity contribution is 0.199. The van der Waals surface area contributed by atoms with Gasteiger partial charge in [-0.25, -0.2) is 0 Å². The topological polar surface area (TPSA) is 12.0 Å². The summed E-state index contributed by atoms with van der Waals surface area (Å²) in [5.74, 6) is 1.81. The summed E-state index contributed by atoms with van der Waals surface area (Å²) >= 11 is 3.58. The number of hydrogen-bond donors (Lipinski definition) is 1. The second-order valence-electron chi connectivity index (χ2n) is 5.97. The molecule has 0 aliphatic heterocycles. The lowest BCUT2D eigenvalue weighted by Gasteiger charge is -2.34. The van der Waals surface area contributed by atoms with Crippen molar-refractivity contribution < 1.29 is 0 Å². The predicted octanol–water partition coefficient (Wildman–Crippen LogP) is 4.16. The van der Waals surface area contributed by atoms with Gasteiger partial charge in [0.05, 0.1) is 0 Å². The molecule has 1 aromatic rings. The molecule has 2 fully saturated rings. The zero-order valence-electron chi connectivity index (χ0n) is 10.9. The van der Waals surface area contributed by atoms with Crippen LogP contribution in [0.2, 0.25) is 0 Å². The van der Waals surface area contributed by atoms with Gasteiger partial charge in [-0.05, 0) is 55.3 Å². The van der Waals surface area contributed by atoms with Crippen LogP contribution in [0.3, 0.4) is 0 Å². The second-order valence-corrected chi connectivity index (χ2v) is 6.88. The van der Waals surface area contributed by atoms with Crippen molar-refractivity contribution in [2.24, 2.45) is 11.8 Å². The number of benzene rings is 1. The van der Waals surface area contributed by atoms with Crippen molar-refractivity contribution in [1.29, 1.82) is 0 Å². The first kappa shape index (κ1) is 12.7. The largest absolute Gasteiger partial charge is 0.314 e. The summed E-state index contributed by atoms with van der Waals surface area (Å²) in [6.45, 7) is 1.22. The van der Waals surface area contributed by atoms with E-state index in [-0.39, 0.29) is 0 Å². The molecule has 1 aromatic carbocycles. The highest BCUT2D eigenvalue weighted by molar-refractivity contribution is 9.10. The minimum atomic E-state index is 0.841. The van der Waals surface area contributed by atoms with Crippen molar-refractivity contribution in [3.05, 3.63) is 34.3 Å². The average Bonchev–Trinajstić information content (AvgIpc) is 3.07. The Kier molecular flexibility index (Phi) is 4.05. The molecule has 1 N–H and O–H groups in total. The lowest BCUT2D eigenvalue weighted by Crippen LogP contribution is -2.34. The van der Waals surface area contributed by atoms with E-state index in [4.69, 9.17) is 0 Å². The molecule has 0 heterocycles. The van der Waals surface area contributed by atoms with Gasteiger partial charge >= 0.3 is 0 Å². The molecule has 1 unspecified atom stereocenters. The van der Waals surface area contributed by atoms with Gasteiger partial charge in [-0.1, -0.05) is 47.3 Å². The van der Waals surface area contributed by atoms with Crippen molar-refractivity contribution in [2.75, 3.05) is 6.54 Å². The molecule has 0 saturated heterocycles. The van der Waals surface area contributed by atoms with Gasteiger partial charge in [-0.3, -0.25) is 0 Å². The van der Waals surface area contributed by atoms with Crippen LogP contribution in [-0.2, 0) is 6.42 Å². The van der Waals surface area contributed by atoms with E-state index in [1.54, 1.807) is 0 Å². The summed E-state index contributed by atoms with van der Waals surface area (Å²) in [5.41, 5.74) is 1.49. The Balaban J connectivity index is 1.60. The predicted molar refractivity (Wildman–Crippen MR) is 79.7 cm³/mol. The van der Waals surface area contributed by atoms with E-state index in [9.17, 15) is 0 Å². The number of halogens is 1. The summed E-state index contributed by atoms with van der Waals surface area (Å²) in [7, 11) is 0. The molecule has 1 nitrogen and oxygen atoms in total.